The van der Waals surface area contributed by atoms with E-state index in [4.69, 9.17) is 14.2 Å². The molecule has 0 spiro atoms. The lowest BCUT2D eigenvalue weighted by atomic mass is 9.79. The van der Waals surface area contributed by atoms with Crippen molar-refractivity contribution in [3.63, 3.8) is 0 Å². The zero-order valence-corrected chi connectivity index (χ0v) is 17.6. The van der Waals surface area contributed by atoms with Crippen LogP contribution in [-0.2, 0) is 4.74 Å². The first-order valence-electron chi connectivity index (χ1n) is 9.28. The Hall–Kier alpha value is -1.50. The Balaban J connectivity index is 0.00000364. The fourth-order valence-electron chi connectivity index (χ4n) is 3.19. The van der Waals surface area contributed by atoms with Gasteiger partial charge in [0.1, 0.15) is 0 Å². The quantitative estimate of drug-likeness (QED) is 0.667. The first-order chi connectivity index (χ1) is 12.5. The molecule has 0 atom stereocenters. The number of carbonyl (C=O) groups is 1. The fraction of sp³-hybridized carbons (Fsp3) is 0.650. The third-order valence-corrected chi connectivity index (χ3v) is 4.74. The van der Waals surface area contributed by atoms with Gasteiger partial charge in [0.2, 0.25) is 0 Å². The van der Waals surface area contributed by atoms with Gasteiger partial charge in [-0.05, 0) is 50.0 Å². The second-order valence-corrected chi connectivity index (χ2v) is 7.44. The van der Waals surface area contributed by atoms with Crippen LogP contribution in [0.5, 0.6) is 11.5 Å². The topological polar surface area (TPSA) is 68.8 Å². The summed E-state index contributed by atoms with van der Waals surface area (Å²) in [6.45, 7) is 7.95. The summed E-state index contributed by atoms with van der Waals surface area (Å²) in [5.74, 6) is 1.55. The molecule has 0 aliphatic carbocycles. The van der Waals surface area contributed by atoms with E-state index in [1.54, 1.807) is 32.4 Å². The van der Waals surface area contributed by atoms with Crippen LogP contribution in [0.15, 0.2) is 18.2 Å². The molecule has 1 saturated heterocycles. The highest BCUT2D eigenvalue weighted by molar-refractivity contribution is 5.94. The third-order valence-electron chi connectivity index (χ3n) is 4.74. The number of hydrogen-bond acceptors (Lipinski definition) is 5. The predicted molar refractivity (Wildman–Crippen MR) is 109 cm³/mol. The van der Waals surface area contributed by atoms with Crippen LogP contribution < -0.4 is 20.1 Å². The zero-order chi connectivity index (χ0) is 19.0. The van der Waals surface area contributed by atoms with Gasteiger partial charge in [-0.2, -0.15) is 0 Å². The van der Waals surface area contributed by atoms with Crippen LogP contribution in [0.1, 0.15) is 37.0 Å². The molecule has 1 aliphatic heterocycles. The number of halogens is 1. The van der Waals surface area contributed by atoms with E-state index < -0.39 is 0 Å². The number of methoxy groups -OCH3 is 2. The molecule has 0 unspecified atom stereocenters. The van der Waals surface area contributed by atoms with E-state index in [1.165, 1.54) is 0 Å². The summed E-state index contributed by atoms with van der Waals surface area (Å²) < 4.78 is 16.5. The van der Waals surface area contributed by atoms with E-state index in [2.05, 4.69) is 24.5 Å². The van der Waals surface area contributed by atoms with E-state index in [9.17, 15) is 4.79 Å². The molecule has 1 aromatic carbocycles. The van der Waals surface area contributed by atoms with Crippen LogP contribution in [0.3, 0.4) is 0 Å². The van der Waals surface area contributed by atoms with Crippen LogP contribution in [0.25, 0.3) is 0 Å². The minimum absolute atomic E-state index is 0. The lowest BCUT2D eigenvalue weighted by Gasteiger charge is -2.37. The van der Waals surface area contributed by atoms with Gasteiger partial charge in [0.05, 0.1) is 20.3 Å². The molecule has 1 heterocycles. The summed E-state index contributed by atoms with van der Waals surface area (Å²) in [6.07, 6.45) is 1.98. The van der Waals surface area contributed by atoms with Crippen molar-refractivity contribution >= 4 is 18.3 Å². The Bertz CT molecular complexity index is 584. The second kappa shape index (κ2) is 11.4. The average Bonchev–Trinajstić information content (AvgIpc) is 2.65. The highest BCUT2D eigenvalue weighted by Gasteiger charge is 2.32. The molecule has 6 nitrogen and oxygen atoms in total. The molecule has 1 aliphatic rings. The number of hydrogen-bond donors (Lipinski definition) is 2. The molecule has 0 aromatic heterocycles. The number of amides is 1. The van der Waals surface area contributed by atoms with Crippen LogP contribution in [0.2, 0.25) is 0 Å². The van der Waals surface area contributed by atoms with Gasteiger partial charge in [-0.15, -0.1) is 12.4 Å². The highest BCUT2D eigenvalue weighted by Crippen LogP contribution is 2.30. The Morgan fingerprint density at radius 1 is 1.22 bits per heavy atom. The maximum absolute atomic E-state index is 12.6. The molecular formula is C20H33ClN2O4. The van der Waals surface area contributed by atoms with E-state index in [-0.39, 0.29) is 23.7 Å². The van der Waals surface area contributed by atoms with E-state index in [0.717, 1.165) is 25.9 Å². The van der Waals surface area contributed by atoms with Gasteiger partial charge in [-0.1, -0.05) is 13.8 Å². The summed E-state index contributed by atoms with van der Waals surface area (Å²) in [5, 5.41) is 6.43. The van der Waals surface area contributed by atoms with Crippen LogP contribution in [-0.4, -0.2) is 53.0 Å². The summed E-state index contributed by atoms with van der Waals surface area (Å²) in [6, 6.07) is 5.31. The molecule has 2 rings (SSSR count). The maximum atomic E-state index is 12.6. The molecule has 1 fully saturated rings. The predicted octanol–water partition coefficient (Wildman–Crippen LogP) is 2.90. The first-order valence-corrected chi connectivity index (χ1v) is 9.28. The maximum Gasteiger partial charge on any atom is 0.251 e. The number of carbonyl (C=O) groups excluding carboxylic acids is 1. The van der Waals surface area contributed by atoms with E-state index in [1.807, 2.05) is 0 Å². The van der Waals surface area contributed by atoms with Crippen molar-refractivity contribution in [1.29, 1.82) is 0 Å². The number of rotatable bonds is 9. The minimum atomic E-state index is -0.104. The van der Waals surface area contributed by atoms with E-state index >= 15 is 0 Å². The highest BCUT2D eigenvalue weighted by atomic mass is 35.5. The molecule has 0 radical (unpaired) electrons. The molecule has 2 N–H and O–H groups in total. The lowest BCUT2D eigenvalue weighted by Crippen LogP contribution is -2.47. The molecular weight excluding hydrogens is 368 g/mol. The summed E-state index contributed by atoms with van der Waals surface area (Å²) >= 11 is 0. The van der Waals surface area contributed by atoms with Crippen LogP contribution >= 0.6 is 12.4 Å². The van der Waals surface area contributed by atoms with Gasteiger partial charge in [0.15, 0.2) is 11.5 Å². The van der Waals surface area contributed by atoms with E-state index in [0.29, 0.717) is 42.7 Å². The summed E-state index contributed by atoms with van der Waals surface area (Å²) in [4.78, 5) is 12.6. The molecule has 7 heteroatoms. The standard InChI is InChI=1S/C20H32N2O4.ClH/c1-15(2)12-26-17-6-5-16(11-18(17)25-4)19(23)22-13-20(14-24-3)7-9-21-10-8-20;/h5-6,11,15,21H,7-10,12-14H2,1-4H3,(H,22,23);1H. The van der Waals surface area contributed by atoms with Crippen molar-refractivity contribution < 1.29 is 19.0 Å². The Morgan fingerprint density at radius 2 is 1.93 bits per heavy atom. The van der Waals surface area contributed by atoms with Gasteiger partial charge in [-0.3, -0.25) is 4.79 Å². The average molecular weight is 401 g/mol. The molecule has 27 heavy (non-hydrogen) atoms. The van der Waals surface area contributed by atoms with Gasteiger partial charge in [-0.25, -0.2) is 0 Å². The minimum Gasteiger partial charge on any atom is -0.493 e. The molecule has 1 aromatic rings. The van der Waals surface area contributed by atoms with Gasteiger partial charge < -0.3 is 24.8 Å². The molecule has 0 bridgehead atoms. The smallest absolute Gasteiger partial charge is 0.251 e. The van der Waals surface area contributed by atoms with Crippen LogP contribution in [0, 0.1) is 11.3 Å². The number of nitrogens with one attached hydrogen (secondary N) is 2. The fourth-order valence-corrected chi connectivity index (χ4v) is 3.19. The van der Waals surface area contributed by atoms with Gasteiger partial charge >= 0.3 is 0 Å². The molecule has 154 valence electrons. The van der Waals surface area contributed by atoms with Crippen molar-refractivity contribution in [2.24, 2.45) is 11.3 Å². The SMILES string of the molecule is COCC1(CNC(=O)c2ccc(OCC(C)C)c(OC)c2)CCNCC1.Cl. The summed E-state index contributed by atoms with van der Waals surface area (Å²) in [7, 11) is 3.30. The van der Waals surface area contributed by atoms with Crippen LogP contribution in [0.4, 0.5) is 0 Å². The van der Waals surface area contributed by atoms with Gasteiger partial charge in [0.25, 0.3) is 5.91 Å². The number of piperidine rings is 1. The van der Waals surface area contributed by atoms with Crippen molar-refractivity contribution in [1.82, 2.24) is 10.6 Å². The van der Waals surface area contributed by atoms with Crippen molar-refractivity contribution in [3.05, 3.63) is 23.8 Å². The normalized spacial score (nSPS) is 15.7. The Labute approximate surface area is 168 Å². The monoisotopic (exact) mass is 400 g/mol. The van der Waals surface area contributed by atoms with Crippen molar-refractivity contribution in [3.8, 4) is 11.5 Å². The van der Waals surface area contributed by atoms with Gasteiger partial charge in [0, 0.05) is 24.6 Å². The zero-order valence-electron chi connectivity index (χ0n) is 16.8. The first kappa shape index (κ1) is 23.5. The van der Waals surface area contributed by atoms with Crippen molar-refractivity contribution in [2.45, 2.75) is 26.7 Å². The second-order valence-electron chi connectivity index (χ2n) is 7.44. The molecule has 0 saturated carbocycles. The van der Waals surface area contributed by atoms with Crippen molar-refractivity contribution in [2.75, 3.05) is 47.1 Å². The number of benzene rings is 1. The Morgan fingerprint density at radius 3 is 2.52 bits per heavy atom. The molecule has 1 amide bonds. The third kappa shape index (κ3) is 6.87. The number of ether oxygens (including phenoxy) is 3. The summed E-state index contributed by atoms with van der Waals surface area (Å²) in [5.41, 5.74) is 0.570. The Kier molecular flexibility index (Phi) is 9.91. The largest absolute Gasteiger partial charge is 0.493 e. The lowest BCUT2D eigenvalue weighted by molar-refractivity contribution is 0.0511.